The first-order valence-corrected chi connectivity index (χ1v) is 8.51. The Labute approximate surface area is 153 Å². The van der Waals surface area contributed by atoms with Crippen LogP contribution >= 0.6 is 12.4 Å². The van der Waals surface area contributed by atoms with Gasteiger partial charge in [-0.15, -0.1) is 12.4 Å². The van der Waals surface area contributed by atoms with Gasteiger partial charge in [0.1, 0.15) is 0 Å². The molecule has 2 bridgehead atoms. The molecule has 2 fully saturated rings. The third-order valence-corrected chi connectivity index (χ3v) is 5.51. The number of hydrogen-bond donors (Lipinski definition) is 2. The minimum Gasteiger partial charge on any atom is -0.493 e. The average Bonchev–Trinajstić information content (AvgIpc) is 2.55. The molecule has 2 aliphatic carbocycles. The summed E-state index contributed by atoms with van der Waals surface area (Å²) >= 11 is 0. The summed E-state index contributed by atoms with van der Waals surface area (Å²) in [6, 6.07) is 2.89. The van der Waals surface area contributed by atoms with E-state index in [-0.39, 0.29) is 36.0 Å². The van der Waals surface area contributed by atoms with Gasteiger partial charge in [0.2, 0.25) is 5.91 Å². The van der Waals surface area contributed by atoms with Crippen molar-refractivity contribution in [3.8, 4) is 11.5 Å². The fourth-order valence-electron chi connectivity index (χ4n) is 4.19. The van der Waals surface area contributed by atoms with E-state index in [0.29, 0.717) is 23.3 Å². The highest BCUT2D eigenvalue weighted by atomic mass is 35.5. The van der Waals surface area contributed by atoms with Crippen molar-refractivity contribution in [3.05, 3.63) is 17.9 Å². The monoisotopic (exact) mass is 372 g/mol. The van der Waals surface area contributed by atoms with E-state index < -0.39 is 5.82 Å². The topological polar surface area (TPSA) is 73.6 Å². The van der Waals surface area contributed by atoms with Crippen molar-refractivity contribution in [1.29, 1.82) is 0 Å². The normalized spacial score (nSPS) is 27.8. The summed E-state index contributed by atoms with van der Waals surface area (Å²) < 4.78 is 24.4. The Kier molecular flexibility index (Phi) is 6.52. The molecule has 3 N–H and O–H groups in total. The van der Waals surface area contributed by atoms with Crippen LogP contribution in [0.25, 0.3) is 0 Å². The van der Waals surface area contributed by atoms with E-state index in [1.165, 1.54) is 32.8 Å². The van der Waals surface area contributed by atoms with Gasteiger partial charge in [-0.2, -0.15) is 0 Å². The van der Waals surface area contributed by atoms with Crippen LogP contribution in [0, 0.1) is 23.6 Å². The highest BCUT2D eigenvalue weighted by Crippen LogP contribution is 2.42. The van der Waals surface area contributed by atoms with Crippen LogP contribution in [0.1, 0.15) is 32.1 Å². The van der Waals surface area contributed by atoms with Gasteiger partial charge >= 0.3 is 0 Å². The van der Waals surface area contributed by atoms with Gasteiger partial charge in [-0.3, -0.25) is 4.79 Å². The van der Waals surface area contributed by atoms with Crippen LogP contribution in [-0.4, -0.2) is 26.2 Å². The number of hydrogen-bond acceptors (Lipinski definition) is 4. The molecular formula is C18H26ClFN2O3. The highest BCUT2D eigenvalue weighted by Gasteiger charge is 2.40. The predicted molar refractivity (Wildman–Crippen MR) is 96.9 cm³/mol. The second-order valence-electron chi connectivity index (χ2n) is 6.87. The van der Waals surface area contributed by atoms with E-state index in [2.05, 4.69) is 5.32 Å². The van der Waals surface area contributed by atoms with Gasteiger partial charge in [0.25, 0.3) is 0 Å². The summed E-state index contributed by atoms with van der Waals surface area (Å²) in [5.74, 6) is 0.723. The number of nitrogens with one attached hydrogen (secondary N) is 1. The zero-order valence-corrected chi connectivity index (χ0v) is 15.4. The number of nitrogens with two attached hydrogens (primary N) is 1. The maximum absolute atomic E-state index is 14.2. The lowest BCUT2D eigenvalue weighted by Crippen LogP contribution is -2.48. The predicted octanol–water partition coefficient (Wildman–Crippen LogP) is 3.36. The van der Waals surface area contributed by atoms with Gasteiger partial charge in [-0.05, 0) is 37.5 Å². The van der Waals surface area contributed by atoms with Gasteiger partial charge in [0.15, 0.2) is 17.3 Å². The number of carbonyl (C=O) groups excluding carboxylic acids is 1. The third-order valence-electron chi connectivity index (χ3n) is 5.51. The maximum Gasteiger partial charge on any atom is 0.227 e. The van der Waals surface area contributed by atoms with Crippen molar-refractivity contribution in [3.63, 3.8) is 0 Å². The van der Waals surface area contributed by atoms with E-state index in [1.807, 2.05) is 0 Å². The molecule has 25 heavy (non-hydrogen) atoms. The molecule has 1 amide bonds. The molecule has 3 rings (SSSR count). The molecular weight excluding hydrogens is 347 g/mol. The van der Waals surface area contributed by atoms with Crippen LogP contribution in [0.3, 0.4) is 0 Å². The van der Waals surface area contributed by atoms with Gasteiger partial charge in [-0.1, -0.05) is 6.42 Å². The number of methoxy groups -OCH3 is 2. The summed E-state index contributed by atoms with van der Waals surface area (Å²) in [4.78, 5) is 12.6. The number of benzene rings is 1. The van der Waals surface area contributed by atoms with E-state index >= 15 is 0 Å². The van der Waals surface area contributed by atoms with Crippen molar-refractivity contribution >= 4 is 24.0 Å². The second kappa shape index (κ2) is 8.23. The number of ether oxygens (including phenoxy) is 2. The number of carbonyl (C=O) groups is 1. The quantitative estimate of drug-likeness (QED) is 0.850. The molecule has 1 aromatic rings. The van der Waals surface area contributed by atoms with E-state index in [0.717, 1.165) is 25.7 Å². The third kappa shape index (κ3) is 4.01. The molecule has 2 saturated carbocycles. The van der Waals surface area contributed by atoms with Gasteiger partial charge in [0.05, 0.1) is 19.9 Å². The van der Waals surface area contributed by atoms with Crippen LogP contribution < -0.4 is 20.5 Å². The summed E-state index contributed by atoms with van der Waals surface area (Å²) in [7, 11) is 2.92. The highest BCUT2D eigenvalue weighted by molar-refractivity contribution is 5.93. The Morgan fingerprint density at radius 1 is 1.16 bits per heavy atom. The van der Waals surface area contributed by atoms with Crippen molar-refractivity contribution in [2.45, 2.75) is 38.1 Å². The Bertz CT molecular complexity index is 615. The van der Waals surface area contributed by atoms with E-state index in [4.69, 9.17) is 15.2 Å². The Hall–Kier alpha value is -1.53. The number of fused-ring (bicyclic) bond motifs is 2. The number of amides is 1. The lowest BCUT2D eigenvalue weighted by molar-refractivity contribution is -0.122. The molecule has 0 saturated heterocycles. The Morgan fingerprint density at radius 2 is 1.72 bits per heavy atom. The van der Waals surface area contributed by atoms with Gasteiger partial charge in [0, 0.05) is 24.1 Å². The molecule has 7 heteroatoms. The average molecular weight is 373 g/mol. The molecule has 0 spiro atoms. The van der Waals surface area contributed by atoms with Crippen LogP contribution in [0.5, 0.6) is 11.5 Å². The minimum absolute atomic E-state index is 0. The van der Waals surface area contributed by atoms with Gasteiger partial charge in [-0.25, -0.2) is 4.39 Å². The summed E-state index contributed by atoms with van der Waals surface area (Å²) in [6.45, 7) is 0. The zero-order valence-electron chi connectivity index (χ0n) is 14.6. The van der Waals surface area contributed by atoms with Crippen molar-refractivity contribution in [1.82, 2.24) is 0 Å². The minimum atomic E-state index is -0.534. The van der Waals surface area contributed by atoms with Crippen molar-refractivity contribution in [2.24, 2.45) is 23.5 Å². The zero-order chi connectivity index (χ0) is 17.3. The van der Waals surface area contributed by atoms with E-state index in [1.54, 1.807) is 0 Å². The SMILES string of the molecule is COc1cc(F)c(NC(=O)C2CC3CCCC(C2)C3N)cc1OC.Cl. The van der Waals surface area contributed by atoms with Crippen molar-refractivity contribution < 1.29 is 18.7 Å². The fourth-order valence-corrected chi connectivity index (χ4v) is 4.19. The molecule has 2 atom stereocenters. The summed E-state index contributed by atoms with van der Waals surface area (Å²) in [6.07, 6.45) is 4.96. The Balaban J connectivity index is 0.00000225. The second-order valence-corrected chi connectivity index (χ2v) is 6.87. The smallest absolute Gasteiger partial charge is 0.227 e. The van der Waals surface area contributed by atoms with Gasteiger partial charge < -0.3 is 20.5 Å². The number of rotatable bonds is 4. The molecule has 1 aromatic carbocycles. The van der Waals surface area contributed by atoms with Crippen LogP contribution in [0.15, 0.2) is 12.1 Å². The van der Waals surface area contributed by atoms with Crippen LogP contribution in [-0.2, 0) is 4.79 Å². The molecule has 2 unspecified atom stereocenters. The molecule has 0 radical (unpaired) electrons. The van der Waals surface area contributed by atoms with Crippen molar-refractivity contribution in [2.75, 3.05) is 19.5 Å². The lowest BCUT2D eigenvalue weighted by Gasteiger charge is -2.43. The molecule has 5 nitrogen and oxygen atoms in total. The van der Waals surface area contributed by atoms with Crippen LogP contribution in [0.2, 0.25) is 0 Å². The molecule has 2 aliphatic rings. The molecule has 0 heterocycles. The first kappa shape index (κ1) is 19.8. The summed E-state index contributed by atoms with van der Waals surface area (Å²) in [5.41, 5.74) is 6.39. The number of anilines is 1. The summed E-state index contributed by atoms with van der Waals surface area (Å²) in [5, 5.41) is 2.72. The first-order chi connectivity index (χ1) is 11.5. The molecule has 140 valence electrons. The van der Waals surface area contributed by atoms with Crippen LogP contribution in [0.4, 0.5) is 10.1 Å². The fraction of sp³-hybridized carbons (Fsp3) is 0.611. The molecule has 0 aromatic heterocycles. The van der Waals surface area contributed by atoms with E-state index in [9.17, 15) is 9.18 Å². The largest absolute Gasteiger partial charge is 0.493 e. The lowest BCUT2D eigenvalue weighted by atomic mass is 9.65. The number of halogens is 2. The molecule has 0 aliphatic heterocycles. The maximum atomic E-state index is 14.2. The standard InChI is InChI=1S/C18H25FN2O3.ClH/c1-23-15-8-13(19)14(9-16(15)24-2)21-18(22)12-6-10-4-3-5-11(7-12)17(10)20;/h8-12,17H,3-7,20H2,1-2H3,(H,21,22);1H. The first-order valence-electron chi connectivity index (χ1n) is 8.51. The Morgan fingerprint density at radius 3 is 2.28 bits per heavy atom.